The minimum Gasteiger partial charge on any atom is -0.437 e. The lowest BCUT2D eigenvalue weighted by atomic mass is 10.3. The number of hydrogen-bond donors (Lipinski definition) is 0. The average molecular weight is 241 g/mol. The SMILES string of the molecule is Clc1ccc(Oc2ccncn2)c(Cl)c1. The van der Waals surface area contributed by atoms with Crippen LogP contribution in [0.3, 0.4) is 0 Å². The van der Waals surface area contributed by atoms with Crippen LogP contribution in [-0.2, 0) is 0 Å². The van der Waals surface area contributed by atoms with Gasteiger partial charge in [-0.1, -0.05) is 23.2 Å². The predicted molar refractivity (Wildman–Crippen MR) is 58.6 cm³/mol. The summed E-state index contributed by atoms with van der Waals surface area (Å²) >= 11 is 11.7. The van der Waals surface area contributed by atoms with Crippen LogP contribution in [0, 0.1) is 0 Å². The monoisotopic (exact) mass is 240 g/mol. The van der Waals surface area contributed by atoms with Gasteiger partial charge in [-0.25, -0.2) is 9.97 Å². The van der Waals surface area contributed by atoms with E-state index in [1.807, 2.05) is 0 Å². The molecule has 0 bridgehead atoms. The number of aromatic nitrogens is 2. The molecule has 3 nitrogen and oxygen atoms in total. The first-order valence-electron chi connectivity index (χ1n) is 4.14. The summed E-state index contributed by atoms with van der Waals surface area (Å²) in [6, 6.07) is 6.64. The molecule has 0 aliphatic heterocycles. The molecule has 0 aliphatic carbocycles. The summed E-state index contributed by atoms with van der Waals surface area (Å²) in [5.74, 6) is 0.953. The van der Waals surface area contributed by atoms with Gasteiger partial charge in [0.15, 0.2) is 0 Å². The Morgan fingerprint density at radius 1 is 1.13 bits per heavy atom. The molecule has 0 radical (unpaired) electrons. The van der Waals surface area contributed by atoms with Gasteiger partial charge in [0.25, 0.3) is 0 Å². The summed E-state index contributed by atoms with van der Waals surface area (Å²) in [7, 11) is 0. The van der Waals surface area contributed by atoms with Crippen LogP contribution in [0.15, 0.2) is 36.8 Å². The van der Waals surface area contributed by atoms with E-state index >= 15 is 0 Å². The molecule has 0 aliphatic rings. The van der Waals surface area contributed by atoms with Crippen LogP contribution < -0.4 is 4.74 Å². The van der Waals surface area contributed by atoms with Gasteiger partial charge in [-0.15, -0.1) is 0 Å². The third kappa shape index (κ3) is 2.58. The second kappa shape index (κ2) is 4.47. The molecule has 0 fully saturated rings. The number of halogens is 2. The molecule has 1 heterocycles. The van der Waals surface area contributed by atoms with E-state index < -0.39 is 0 Å². The molecule has 2 aromatic rings. The van der Waals surface area contributed by atoms with Crippen LogP contribution in [0.25, 0.3) is 0 Å². The normalized spacial score (nSPS) is 10.0. The van der Waals surface area contributed by atoms with Gasteiger partial charge in [0.1, 0.15) is 12.1 Å². The molecule has 2 rings (SSSR count). The van der Waals surface area contributed by atoms with E-state index in [0.29, 0.717) is 21.7 Å². The summed E-state index contributed by atoms with van der Waals surface area (Å²) in [5, 5.41) is 1.01. The second-order valence-electron chi connectivity index (χ2n) is 2.72. The second-order valence-corrected chi connectivity index (χ2v) is 3.57. The molecule has 0 saturated heterocycles. The van der Waals surface area contributed by atoms with E-state index in [1.165, 1.54) is 6.33 Å². The number of benzene rings is 1. The molecule has 76 valence electrons. The lowest BCUT2D eigenvalue weighted by Gasteiger charge is -2.05. The van der Waals surface area contributed by atoms with E-state index in [-0.39, 0.29) is 0 Å². The maximum absolute atomic E-state index is 5.93. The Morgan fingerprint density at radius 3 is 2.67 bits per heavy atom. The Kier molecular flexibility index (Phi) is 3.04. The van der Waals surface area contributed by atoms with Crippen molar-refractivity contribution in [3.05, 3.63) is 46.8 Å². The largest absolute Gasteiger partial charge is 0.437 e. The maximum atomic E-state index is 5.93. The third-order valence-corrected chi connectivity index (χ3v) is 2.19. The van der Waals surface area contributed by atoms with E-state index in [0.717, 1.165) is 0 Å². The van der Waals surface area contributed by atoms with Gasteiger partial charge < -0.3 is 4.74 Å². The van der Waals surface area contributed by atoms with E-state index in [2.05, 4.69) is 9.97 Å². The van der Waals surface area contributed by atoms with Gasteiger partial charge >= 0.3 is 0 Å². The fourth-order valence-electron chi connectivity index (χ4n) is 1.01. The Morgan fingerprint density at radius 2 is 2.00 bits per heavy atom. The first-order chi connectivity index (χ1) is 7.25. The molecule has 5 heteroatoms. The molecule has 0 N–H and O–H groups in total. The van der Waals surface area contributed by atoms with E-state index in [4.69, 9.17) is 27.9 Å². The summed E-state index contributed by atoms with van der Waals surface area (Å²) < 4.78 is 5.42. The summed E-state index contributed by atoms with van der Waals surface area (Å²) in [6.45, 7) is 0. The predicted octanol–water partition coefficient (Wildman–Crippen LogP) is 3.58. The van der Waals surface area contributed by atoms with Gasteiger partial charge in [0.05, 0.1) is 5.02 Å². The highest BCUT2D eigenvalue weighted by Gasteiger charge is 2.03. The zero-order valence-electron chi connectivity index (χ0n) is 7.52. The number of hydrogen-bond acceptors (Lipinski definition) is 3. The van der Waals surface area contributed by atoms with Crippen molar-refractivity contribution in [1.29, 1.82) is 0 Å². The molecule has 0 unspecified atom stereocenters. The van der Waals surface area contributed by atoms with Crippen LogP contribution in [0.4, 0.5) is 0 Å². The lowest BCUT2D eigenvalue weighted by molar-refractivity contribution is 0.461. The molecule has 0 spiro atoms. The minimum atomic E-state index is 0.439. The average Bonchev–Trinajstić information content (AvgIpc) is 2.24. The number of rotatable bonds is 2. The first kappa shape index (κ1) is 10.2. The van der Waals surface area contributed by atoms with Crippen molar-refractivity contribution in [3.8, 4) is 11.6 Å². The molecule has 15 heavy (non-hydrogen) atoms. The fourth-order valence-corrected chi connectivity index (χ4v) is 1.46. The van der Waals surface area contributed by atoms with Crippen molar-refractivity contribution < 1.29 is 4.74 Å². The number of ether oxygens (including phenoxy) is 1. The van der Waals surface area contributed by atoms with E-state index in [9.17, 15) is 0 Å². The van der Waals surface area contributed by atoms with Crippen LogP contribution in [-0.4, -0.2) is 9.97 Å². The van der Waals surface area contributed by atoms with Crippen LogP contribution in [0.5, 0.6) is 11.6 Å². The minimum absolute atomic E-state index is 0.439. The highest BCUT2D eigenvalue weighted by molar-refractivity contribution is 6.35. The topological polar surface area (TPSA) is 35.0 Å². The van der Waals surface area contributed by atoms with Crippen LogP contribution in [0.1, 0.15) is 0 Å². The van der Waals surface area contributed by atoms with Crippen molar-refractivity contribution >= 4 is 23.2 Å². The Balaban J connectivity index is 2.25. The zero-order valence-corrected chi connectivity index (χ0v) is 9.03. The molecule has 1 aromatic carbocycles. The summed E-state index contributed by atoms with van der Waals surface area (Å²) in [5.41, 5.74) is 0. The van der Waals surface area contributed by atoms with Gasteiger partial charge in [0.2, 0.25) is 5.88 Å². The van der Waals surface area contributed by atoms with Crippen molar-refractivity contribution in [2.75, 3.05) is 0 Å². The Labute approximate surface area is 96.6 Å². The molecular formula is C10H6Cl2N2O. The zero-order chi connectivity index (χ0) is 10.7. The highest BCUT2D eigenvalue weighted by atomic mass is 35.5. The van der Waals surface area contributed by atoms with Crippen LogP contribution >= 0.6 is 23.2 Å². The number of nitrogens with zero attached hydrogens (tertiary/aromatic N) is 2. The first-order valence-corrected chi connectivity index (χ1v) is 4.90. The van der Waals surface area contributed by atoms with Crippen molar-refractivity contribution in [3.63, 3.8) is 0 Å². The smallest absolute Gasteiger partial charge is 0.222 e. The third-order valence-electron chi connectivity index (χ3n) is 1.66. The molecule has 0 amide bonds. The summed E-state index contributed by atoms with van der Waals surface area (Å²) in [6.07, 6.45) is 2.99. The fraction of sp³-hybridized carbons (Fsp3) is 0. The van der Waals surface area contributed by atoms with Crippen LogP contribution in [0.2, 0.25) is 10.0 Å². The van der Waals surface area contributed by atoms with Gasteiger partial charge in [-0.05, 0) is 18.2 Å². The highest BCUT2D eigenvalue weighted by Crippen LogP contribution is 2.30. The molecule has 0 atom stereocenters. The lowest BCUT2D eigenvalue weighted by Crippen LogP contribution is -1.88. The van der Waals surface area contributed by atoms with Crippen molar-refractivity contribution in [2.45, 2.75) is 0 Å². The van der Waals surface area contributed by atoms with Gasteiger partial charge in [-0.3, -0.25) is 0 Å². The molecule has 1 aromatic heterocycles. The quantitative estimate of drug-likeness (QED) is 0.805. The van der Waals surface area contributed by atoms with Crippen molar-refractivity contribution in [1.82, 2.24) is 9.97 Å². The van der Waals surface area contributed by atoms with E-state index in [1.54, 1.807) is 30.5 Å². The summed E-state index contributed by atoms with van der Waals surface area (Å²) in [4.78, 5) is 7.69. The van der Waals surface area contributed by atoms with Gasteiger partial charge in [0, 0.05) is 17.3 Å². The van der Waals surface area contributed by atoms with Crippen molar-refractivity contribution in [2.24, 2.45) is 0 Å². The Bertz CT molecular complexity index is 462. The maximum Gasteiger partial charge on any atom is 0.222 e. The molecular weight excluding hydrogens is 235 g/mol. The standard InChI is InChI=1S/C10H6Cl2N2O/c11-7-1-2-9(8(12)5-7)15-10-3-4-13-6-14-10/h1-6H. The van der Waals surface area contributed by atoms with Gasteiger partial charge in [-0.2, -0.15) is 0 Å². The molecule has 0 saturated carbocycles. The Hall–Kier alpha value is -1.32.